The van der Waals surface area contributed by atoms with Crippen molar-refractivity contribution in [3.63, 3.8) is 0 Å². The van der Waals surface area contributed by atoms with Gasteiger partial charge in [0.1, 0.15) is 11.3 Å². The van der Waals surface area contributed by atoms with E-state index in [9.17, 15) is 0 Å². The van der Waals surface area contributed by atoms with Crippen LogP contribution in [0.4, 0.5) is 0 Å². The van der Waals surface area contributed by atoms with Crippen LogP contribution in [-0.4, -0.2) is 4.98 Å². The molecule has 0 spiro atoms. The highest BCUT2D eigenvalue weighted by atomic mass is 32.1. The van der Waals surface area contributed by atoms with Gasteiger partial charge >= 0.3 is 0 Å². The maximum Gasteiger partial charge on any atom is 0.135 e. The van der Waals surface area contributed by atoms with Crippen LogP contribution in [0.2, 0.25) is 0 Å². The number of aromatic nitrogens is 1. The first-order valence-corrected chi connectivity index (χ1v) is 14.0. The van der Waals surface area contributed by atoms with Gasteiger partial charge in [-0.3, -0.25) is 0 Å². The average molecular weight is 504 g/mol. The highest BCUT2D eigenvalue weighted by molar-refractivity contribution is 7.17. The van der Waals surface area contributed by atoms with E-state index in [1.54, 1.807) is 11.3 Å². The summed E-state index contributed by atoms with van der Waals surface area (Å²) in [5.41, 5.74) is 9.26. The topological polar surface area (TPSA) is 26.0 Å². The molecule has 0 atom stereocenters. The molecule has 0 bridgehead atoms. The lowest BCUT2D eigenvalue weighted by Gasteiger charge is -2.23. The molecule has 6 rings (SSSR count). The number of pyridine rings is 1. The Kier molecular flexibility index (Phi) is 5.72. The van der Waals surface area contributed by atoms with Crippen LogP contribution in [-0.2, 0) is 11.8 Å². The molecule has 3 heteroatoms. The van der Waals surface area contributed by atoms with Crippen molar-refractivity contribution >= 4 is 43.3 Å². The quantitative estimate of drug-likeness (QED) is 0.239. The molecule has 0 amide bonds. The minimum atomic E-state index is 0.0286. The van der Waals surface area contributed by atoms with Gasteiger partial charge in [0.05, 0.1) is 15.9 Å². The van der Waals surface area contributed by atoms with Crippen molar-refractivity contribution in [3.8, 4) is 22.4 Å². The molecule has 2 nitrogen and oxygen atoms in total. The normalized spacial score (nSPS) is 12.4. The summed E-state index contributed by atoms with van der Waals surface area (Å²) in [7, 11) is 0. The Hall–Kier alpha value is -3.43. The van der Waals surface area contributed by atoms with Crippen LogP contribution >= 0.6 is 11.3 Å². The first-order valence-electron chi connectivity index (χ1n) is 13.1. The van der Waals surface area contributed by atoms with E-state index < -0.39 is 0 Å². The molecular weight excluding hydrogens is 470 g/mol. The van der Waals surface area contributed by atoms with Gasteiger partial charge in [-0.15, -0.1) is 11.3 Å². The molecule has 0 aliphatic rings. The minimum Gasteiger partial charge on any atom is -0.461 e. The maximum atomic E-state index is 6.26. The van der Waals surface area contributed by atoms with Crippen LogP contribution in [0.3, 0.4) is 0 Å². The molecule has 0 saturated carbocycles. The largest absolute Gasteiger partial charge is 0.461 e. The Balaban J connectivity index is 1.55. The smallest absolute Gasteiger partial charge is 0.135 e. The zero-order valence-corrected chi connectivity index (χ0v) is 23.3. The molecule has 0 N–H and O–H groups in total. The molecule has 37 heavy (non-hydrogen) atoms. The molecule has 6 aromatic rings. The number of aryl methyl sites for hydroxylation is 1. The molecule has 3 heterocycles. The molecule has 186 valence electrons. The van der Waals surface area contributed by atoms with E-state index in [-0.39, 0.29) is 5.41 Å². The van der Waals surface area contributed by atoms with Gasteiger partial charge in [-0.25, -0.2) is 4.98 Å². The third kappa shape index (κ3) is 4.26. The summed E-state index contributed by atoms with van der Waals surface area (Å²) in [6, 6.07) is 24.4. The Morgan fingerprint density at radius 2 is 1.70 bits per heavy atom. The molecule has 0 fully saturated rings. The maximum absolute atomic E-state index is 6.26. The number of nitrogens with zero attached hydrogens (tertiary/aromatic N) is 1. The van der Waals surface area contributed by atoms with Crippen LogP contribution in [0.1, 0.15) is 51.5 Å². The molecule has 0 saturated heterocycles. The van der Waals surface area contributed by atoms with Crippen molar-refractivity contribution in [1.29, 1.82) is 0 Å². The van der Waals surface area contributed by atoms with Crippen LogP contribution in [0.5, 0.6) is 0 Å². The van der Waals surface area contributed by atoms with Crippen LogP contribution in [0, 0.1) is 12.8 Å². The van der Waals surface area contributed by atoms with E-state index in [4.69, 9.17) is 9.40 Å². The summed E-state index contributed by atoms with van der Waals surface area (Å²) >= 11 is 1.75. The van der Waals surface area contributed by atoms with E-state index in [0.717, 1.165) is 34.5 Å². The molecule has 0 radical (unpaired) electrons. The van der Waals surface area contributed by atoms with Gasteiger partial charge in [-0.1, -0.05) is 71.0 Å². The number of hydrogen-bond acceptors (Lipinski definition) is 3. The van der Waals surface area contributed by atoms with Crippen molar-refractivity contribution in [1.82, 2.24) is 4.98 Å². The fraction of sp³-hybridized carbons (Fsp3) is 0.265. The second kappa shape index (κ2) is 8.85. The van der Waals surface area contributed by atoms with Crippen molar-refractivity contribution in [2.45, 2.75) is 53.4 Å². The second-order valence-corrected chi connectivity index (χ2v) is 12.5. The molecule has 0 unspecified atom stereocenters. The SMILES string of the molecule is Cc1oc2cc(-c3cc(-c4cc(C(C)(C)C)c5ccccc5c4)nc4ccsc34)ccc2c1CC(C)C. The molecule has 0 aliphatic heterocycles. The Morgan fingerprint density at radius 3 is 2.49 bits per heavy atom. The highest BCUT2D eigenvalue weighted by Crippen LogP contribution is 2.40. The Bertz CT molecular complexity index is 1780. The van der Waals surface area contributed by atoms with Crippen molar-refractivity contribution in [2.75, 3.05) is 0 Å². The summed E-state index contributed by atoms with van der Waals surface area (Å²) in [5.74, 6) is 1.62. The third-order valence-corrected chi connectivity index (χ3v) is 8.23. The lowest BCUT2D eigenvalue weighted by molar-refractivity contribution is 0.560. The van der Waals surface area contributed by atoms with Crippen LogP contribution < -0.4 is 0 Å². The number of hydrogen-bond donors (Lipinski definition) is 0. The third-order valence-electron chi connectivity index (χ3n) is 7.29. The molecular formula is C34H33NOS. The lowest BCUT2D eigenvalue weighted by Crippen LogP contribution is -2.12. The van der Waals surface area contributed by atoms with Gasteiger partial charge in [0, 0.05) is 22.1 Å². The van der Waals surface area contributed by atoms with E-state index in [0.29, 0.717) is 5.92 Å². The first-order chi connectivity index (χ1) is 17.7. The second-order valence-electron chi connectivity index (χ2n) is 11.6. The van der Waals surface area contributed by atoms with Crippen molar-refractivity contribution in [3.05, 3.63) is 89.0 Å². The zero-order chi connectivity index (χ0) is 25.9. The summed E-state index contributed by atoms with van der Waals surface area (Å²) in [6.07, 6.45) is 1.03. The average Bonchev–Trinajstić information content (AvgIpc) is 3.45. The summed E-state index contributed by atoms with van der Waals surface area (Å²) in [6.45, 7) is 13.5. The molecule has 3 aromatic carbocycles. The summed E-state index contributed by atoms with van der Waals surface area (Å²) in [4.78, 5) is 5.12. The van der Waals surface area contributed by atoms with Crippen molar-refractivity contribution < 1.29 is 4.42 Å². The van der Waals surface area contributed by atoms with Gasteiger partial charge in [0.2, 0.25) is 0 Å². The molecule has 0 aliphatic carbocycles. The number of rotatable bonds is 4. The van der Waals surface area contributed by atoms with Crippen LogP contribution in [0.15, 0.2) is 76.5 Å². The number of benzene rings is 3. The van der Waals surface area contributed by atoms with Gasteiger partial charge in [0.25, 0.3) is 0 Å². The number of fused-ring (bicyclic) bond motifs is 3. The summed E-state index contributed by atoms with van der Waals surface area (Å²) < 4.78 is 7.47. The number of thiophene rings is 1. The van der Waals surface area contributed by atoms with Crippen LogP contribution in [0.25, 0.3) is 54.3 Å². The number of furan rings is 1. The first kappa shape index (κ1) is 23.9. The van der Waals surface area contributed by atoms with Gasteiger partial charge in [0.15, 0.2) is 0 Å². The zero-order valence-electron chi connectivity index (χ0n) is 22.5. The Morgan fingerprint density at radius 1 is 0.892 bits per heavy atom. The monoisotopic (exact) mass is 503 g/mol. The van der Waals surface area contributed by atoms with E-state index in [1.807, 2.05) is 0 Å². The predicted octanol–water partition coefficient (Wildman–Crippen LogP) is 10.3. The Labute approximate surface area is 223 Å². The van der Waals surface area contributed by atoms with Gasteiger partial charge < -0.3 is 4.42 Å². The predicted molar refractivity (Wildman–Crippen MR) is 160 cm³/mol. The van der Waals surface area contributed by atoms with E-state index in [2.05, 4.69) is 114 Å². The van der Waals surface area contributed by atoms with Gasteiger partial charge in [-0.2, -0.15) is 0 Å². The van der Waals surface area contributed by atoms with Gasteiger partial charge in [-0.05, 0) is 82.3 Å². The summed E-state index contributed by atoms with van der Waals surface area (Å²) in [5, 5.41) is 5.94. The lowest BCUT2D eigenvalue weighted by atomic mass is 9.82. The minimum absolute atomic E-state index is 0.0286. The van der Waals surface area contributed by atoms with E-state index >= 15 is 0 Å². The fourth-order valence-electron chi connectivity index (χ4n) is 5.50. The standard InChI is InChI=1S/C34H33NOS/c1-20(2)15-27-21(3)36-32-18-23(11-12-26(27)32)28-19-31(35-30-13-14-37-33(28)30)24-16-22-9-7-8-10-25(22)29(17-24)34(4,5)6/h7-14,16-20H,15H2,1-6H3. The molecule has 3 aromatic heterocycles. The highest BCUT2D eigenvalue weighted by Gasteiger charge is 2.20. The van der Waals surface area contributed by atoms with E-state index in [1.165, 1.54) is 43.1 Å². The fourth-order valence-corrected chi connectivity index (χ4v) is 6.37. The van der Waals surface area contributed by atoms with Crippen molar-refractivity contribution in [2.24, 2.45) is 5.92 Å².